The molecule has 1 atom stereocenters. The van der Waals surface area contributed by atoms with E-state index in [1.807, 2.05) is 13.8 Å². The Labute approximate surface area is 95.7 Å². The minimum Gasteiger partial charge on any atom is -0.505 e. The molecule has 0 aliphatic heterocycles. The number of aromatic hydroxyl groups is 1. The summed E-state index contributed by atoms with van der Waals surface area (Å²) < 4.78 is 13.0. The van der Waals surface area contributed by atoms with Gasteiger partial charge in [0.25, 0.3) is 0 Å². The Morgan fingerprint density at radius 2 is 2.00 bits per heavy atom. The van der Waals surface area contributed by atoms with Crippen molar-refractivity contribution in [3.8, 4) is 5.75 Å². The predicted octanol–water partition coefficient (Wildman–Crippen LogP) is 3.00. The maximum atomic E-state index is 13.0. The Bertz CT molecular complexity index is 317. The zero-order valence-corrected chi connectivity index (χ0v) is 9.72. The van der Waals surface area contributed by atoms with Crippen LogP contribution in [0.1, 0.15) is 31.9 Å². The number of benzene rings is 1. The highest BCUT2D eigenvalue weighted by molar-refractivity contribution is 5.85. The van der Waals surface area contributed by atoms with Crippen LogP contribution in [0.25, 0.3) is 0 Å². The first kappa shape index (κ1) is 14.2. The zero-order valence-electron chi connectivity index (χ0n) is 8.90. The SMILES string of the molecule is CC(C)C[C@@H](N)c1cccc(F)c1O.Cl. The van der Waals surface area contributed by atoms with Gasteiger partial charge in [-0.3, -0.25) is 0 Å². The number of rotatable bonds is 3. The molecule has 0 saturated heterocycles. The van der Waals surface area contributed by atoms with E-state index < -0.39 is 5.82 Å². The third kappa shape index (κ3) is 3.68. The number of hydrogen-bond acceptors (Lipinski definition) is 2. The molecule has 0 amide bonds. The summed E-state index contributed by atoms with van der Waals surface area (Å²) in [5, 5.41) is 9.43. The first-order valence-electron chi connectivity index (χ1n) is 4.75. The number of phenols is 1. The van der Waals surface area contributed by atoms with Gasteiger partial charge in [0.15, 0.2) is 11.6 Å². The molecular weight excluding hydrogens is 217 g/mol. The third-order valence-corrected chi connectivity index (χ3v) is 2.14. The van der Waals surface area contributed by atoms with Crippen molar-refractivity contribution < 1.29 is 9.50 Å². The first-order valence-corrected chi connectivity index (χ1v) is 4.75. The molecule has 4 heteroatoms. The third-order valence-electron chi connectivity index (χ3n) is 2.14. The van der Waals surface area contributed by atoms with Gasteiger partial charge in [-0.1, -0.05) is 26.0 Å². The molecular formula is C11H17ClFNO. The van der Waals surface area contributed by atoms with Crippen LogP contribution in [-0.2, 0) is 0 Å². The number of hydrogen-bond donors (Lipinski definition) is 2. The van der Waals surface area contributed by atoms with Gasteiger partial charge >= 0.3 is 0 Å². The average molecular weight is 234 g/mol. The van der Waals surface area contributed by atoms with E-state index in [4.69, 9.17) is 5.73 Å². The molecule has 1 aromatic rings. The summed E-state index contributed by atoms with van der Waals surface area (Å²) in [7, 11) is 0. The van der Waals surface area contributed by atoms with Crippen LogP contribution in [0, 0.1) is 11.7 Å². The van der Waals surface area contributed by atoms with Crippen molar-refractivity contribution in [3.05, 3.63) is 29.6 Å². The number of phenolic OH excluding ortho intramolecular Hbond substituents is 1. The molecule has 15 heavy (non-hydrogen) atoms. The molecule has 0 aromatic heterocycles. The highest BCUT2D eigenvalue weighted by Crippen LogP contribution is 2.28. The van der Waals surface area contributed by atoms with E-state index in [1.165, 1.54) is 6.07 Å². The van der Waals surface area contributed by atoms with Crippen molar-refractivity contribution in [3.63, 3.8) is 0 Å². The zero-order chi connectivity index (χ0) is 10.7. The molecule has 3 N–H and O–H groups in total. The maximum Gasteiger partial charge on any atom is 0.165 e. The van der Waals surface area contributed by atoms with E-state index in [-0.39, 0.29) is 24.2 Å². The minimum atomic E-state index is -0.610. The monoisotopic (exact) mass is 233 g/mol. The minimum absolute atomic E-state index is 0. The smallest absolute Gasteiger partial charge is 0.165 e. The van der Waals surface area contributed by atoms with E-state index in [0.717, 1.165) is 6.42 Å². The van der Waals surface area contributed by atoms with Gasteiger partial charge in [-0.25, -0.2) is 4.39 Å². The van der Waals surface area contributed by atoms with Crippen LogP contribution < -0.4 is 5.73 Å². The van der Waals surface area contributed by atoms with Crippen molar-refractivity contribution in [2.24, 2.45) is 11.7 Å². The lowest BCUT2D eigenvalue weighted by molar-refractivity contribution is 0.411. The van der Waals surface area contributed by atoms with Gasteiger partial charge < -0.3 is 10.8 Å². The molecule has 1 rings (SSSR count). The van der Waals surface area contributed by atoms with Crippen LogP contribution >= 0.6 is 12.4 Å². The second-order valence-corrected chi connectivity index (χ2v) is 3.91. The molecule has 0 radical (unpaired) electrons. The molecule has 0 bridgehead atoms. The van der Waals surface area contributed by atoms with Gasteiger partial charge in [-0.2, -0.15) is 0 Å². The van der Waals surface area contributed by atoms with Crippen LogP contribution in [0.15, 0.2) is 18.2 Å². The molecule has 0 fully saturated rings. The van der Waals surface area contributed by atoms with Crippen molar-refractivity contribution in [1.29, 1.82) is 0 Å². The molecule has 86 valence electrons. The fourth-order valence-corrected chi connectivity index (χ4v) is 1.47. The summed E-state index contributed by atoms with van der Waals surface area (Å²) in [6.07, 6.45) is 0.733. The maximum absolute atomic E-state index is 13.0. The van der Waals surface area contributed by atoms with Crippen molar-refractivity contribution >= 4 is 12.4 Å². The first-order chi connectivity index (χ1) is 6.52. The van der Waals surface area contributed by atoms with Gasteiger partial charge in [0.05, 0.1) is 0 Å². The average Bonchev–Trinajstić information content (AvgIpc) is 2.08. The molecule has 0 saturated carbocycles. The fraction of sp³-hybridized carbons (Fsp3) is 0.455. The Morgan fingerprint density at radius 3 is 2.53 bits per heavy atom. The normalized spacial score (nSPS) is 12.3. The highest BCUT2D eigenvalue weighted by atomic mass is 35.5. The van der Waals surface area contributed by atoms with Gasteiger partial charge in [0.2, 0.25) is 0 Å². The van der Waals surface area contributed by atoms with E-state index in [9.17, 15) is 9.50 Å². The van der Waals surface area contributed by atoms with Gasteiger partial charge in [0.1, 0.15) is 0 Å². The standard InChI is InChI=1S/C11H16FNO.ClH/c1-7(2)6-10(13)8-4-3-5-9(12)11(8)14;/h3-5,7,10,14H,6,13H2,1-2H3;1H/t10-;/m1./s1. The number of para-hydroxylation sites is 1. The second kappa shape index (κ2) is 5.93. The van der Waals surface area contributed by atoms with E-state index in [1.54, 1.807) is 12.1 Å². The van der Waals surface area contributed by atoms with Gasteiger partial charge in [-0.05, 0) is 18.4 Å². The van der Waals surface area contributed by atoms with E-state index in [2.05, 4.69) is 0 Å². The van der Waals surface area contributed by atoms with E-state index in [0.29, 0.717) is 11.5 Å². The van der Waals surface area contributed by atoms with Crippen molar-refractivity contribution in [2.75, 3.05) is 0 Å². The van der Waals surface area contributed by atoms with Crippen LogP contribution in [-0.4, -0.2) is 5.11 Å². The molecule has 1 aromatic carbocycles. The Hall–Kier alpha value is -0.800. The lowest BCUT2D eigenvalue weighted by Gasteiger charge is -2.15. The fourth-order valence-electron chi connectivity index (χ4n) is 1.47. The van der Waals surface area contributed by atoms with E-state index >= 15 is 0 Å². The Morgan fingerprint density at radius 1 is 1.40 bits per heavy atom. The Kier molecular flexibility index (Phi) is 5.61. The highest BCUT2D eigenvalue weighted by Gasteiger charge is 2.14. The largest absolute Gasteiger partial charge is 0.505 e. The lowest BCUT2D eigenvalue weighted by atomic mass is 9.97. The molecule has 2 nitrogen and oxygen atoms in total. The predicted molar refractivity (Wildman–Crippen MR) is 61.7 cm³/mol. The van der Waals surface area contributed by atoms with Crippen molar-refractivity contribution in [2.45, 2.75) is 26.3 Å². The van der Waals surface area contributed by atoms with Crippen LogP contribution in [0.2, 0.25) is 0 Å². The molecule has 0 aliphatic carbocycles. The summed E-state index contributed by atoms with van der Waals surface area (Å²) in [5.74, 6) is -0.505. The van der Waals surface area contributed by atoms with Gasteiger partial charge in [0, 0.05) is 11.6 Å². The topological polar surface area (TPSA) is 46.2 Å². The quantitative estimate of drug-likeness (QED) is 0.843. The summed E-state index contributed by atoms with van der Waals surface area (Å²) in [6.45, 7) is 4.08. The molecule has 0 spiro atoms. The molecule has 0 heterocycles. The molecule has 0 aliphatic rings. The van der Waals surface area contributed by atoms with Crippen LogP contribution in [0.5, 0.6) is 5.75 Å². The lowest BCUT2D eigenvalue weighted by Crippen LogP contribution is -2.13. The summed E-state index contributed by atoms with van der Waals surface area (Å²) in [6, 6.07) is 4.14. The van der Waals surface area contributed by atoms with Crippen LogP contribution in [0.4, 0.5) is 4.39 Å². The van der Waals surface area contributed by atoms with Crippen LogP contribution in [0.3, 0.4) is 0 Å². The number of halogens is 2. The summed E-state index contributed by atoms with van der Waals surface area (Å²) >= 11 is 0. The number of nitrogens with two attached hydrogens (primary N) is 1. The summed E-state index contributed by atoms with van der Waals surface area (Å²) in [4.78, 5) is 0. The second-order valence-electron chi connectivity index (χ2n) is 3.91. The summed E-state index contributed by atoms with van der Waals surface area (Å²) in [5.41, 5.74) is 6.32. The Balaban J connectivity index is 0.00000196. The molecule has 0 unspecified atom stereocenters. The van der Waals surface area contributed by atoms with Gasteiger partial charge in [-0.15, -0.1) is 12.4 Å². The van der Waals surface area contributed by atoms with Crippen molar-refractivity contribution in [1.82, 2.24) is 0 Å².